The van der Waals surface area contributed by atoms with Gasteiger partial charge in [0.2, 0.25) is 0 Å². The van der Waals surface area contributed by atoms with E-state index in [9.17, 15) is 9.59 Å². The zero-order valence-corrected chi connectivity index (χ0v) is 9.69. The van der Waals surface area contributed by atoms with Gasteiger partial charge in [-0.2, -0.15) is 0 Å². The quantitative estimate of drug-likeness (QED) is 0.797. The van der Waals surface area contributed by atoms with E-state index in [0.29, 0.717) is 12.4 Å². The van der Waals surface area contributed by atoms with E-state index in [1.165, 1.54) is 6.92 Å². The molecule has 17 heavy (non-hydrogen) atoms. The number of ether oxygens (including phenoxy) is 1. The number of H-pyrrole nitrogens is 1. The molecule has 6 nitrogen and oxygen atoms in total. The second-order valence-electron chi connectivity index (χ2n) is 4.27. The number of nitrogens with zero attached hydrogens (tertiary/aromatic N) is 1. The third-order valence-corrected chi connectivity index (χ3v) is 2.99. The van der Waals surface area contributed by atoms with E-state index in [4.69, 9.17) is 9.84 Å². The van der Waals surface area contributed by atoms with Crippen LogP contribution in [0.15, 0.2) is 4.79 Å². The van der Waals surface area contributed by atoms with Gasteiger partial charge >= 0.3 is 5.97 Å². The maximum atomic E-state index is 11.6. The molecule has 2 unspecified atom stereocenters. The van der Waals surface area contributed by atoms with Crippen LogP contribution in [0.25, 0.3) is 0 Å². The van der Waals surface area contributed by atoms with E-state index in [1.54, 1.807) is 0 Å². The minimum Gasteiger partial charge on any atom is -0.477 e. The lowest BCUT2D eigenvalue weighted by Crippen LogP contribution is -2.24. The van der Waals surface area contributed by atoms with Gasteiger partial charge in [0.1, 0.15) is 17.5 Å². The molecule has 2 rings (SSSR count). The van der Waals surface area contributed by atoms with Crippen LogP contribution < -0.4 is 5.56 Å². The predicted octanol–water partition coefficient (Wildman–Crippen LogP) is 0.874. The van der Waals surface area contributed by atoms with E-state index < -0.39 is 11.5 Å². The van der Waals surface area contributed by atoms with Crippen LogP contribution in [-0.2, 0) is 4.74 Å². The molecule has 2 N–H and O–H groups in total. The Morgan fingerprint density at radius 2 is 2.29 bits per heavy atom. The number of aromatic amines is 1. The van der Waals surface area contributed by atoms with Crippen molar-refractivity contribution in [1.82, 2.24) is 9.97 Å². The van der Waals surface area contributed by atoms with Crippen molar-refractivity contribution in [2.45, 2.75) is 26.4 Å². The smallest absolute Gasteiger partial charge is 0.343 e. The van der Waals surface area contributed by atoms with Crippen LogP contribution in [0, 0.1) is 12.8 Å². The summed E-state index contributed by atoms with van der Waals surface area (Å²) in [6.07, 6.45) is 0.665. The standard InChI is InChI=1S/C11H14N2O4/c1-5-3-4-17-8(5)9-12-6(2)7(11(15)16)10(14)13-9/h5,8H,3-4H2,1-2H3,(H,15,16)(H,12,13,14). The molecule has 0 amide bonds. The van der Waals surface area contributed by atoms with Gasteiger partial charge in [0.15, 0.2) is 0 Å². The van der Waals surface area contributed by atoms with Gasteiger partial charge in [-0.3, -0.25) is 4.79 Å². The van der Waals surface area contributed by atoms with Crippen molar-refractivity contribution in [1.29, 1.82) is 0 Å². The molecule has 1 aromatic heterocycles. The average molecular weight is 238 g/mol. The van der Waals surface area contributed by atoms with Gasteiger partial charge in [-0.15, -0.1) is 0 Å². The van der Waals surface area contributed by atoms with Crippen LogP contribution in [0.1, 0.15) is 41.3 Å². The van der Waals surface area contributed by atoms with Crippen molar-refractivity contribution >= 4 is 5.97 Å². The summed E-state index contributed by atoms with van der Waals surface area (Å²) in [6.45, 7) is 4.16. The number of aryl methyl sites for hydroxylation is 1. The van der Waals surface area contributed by atoms with Gasteiger partial charge in [0.25, 0.3) is 5.56 Å². The summed E-state index contributed by atoms with van der Waals surface area (Å²) in [6, 6.07) is 0. The van der Waals surface area contributed by atoms with Crippen molar-refractivity contribution in [3.63, 3.8) is 0 Å². The number of carboxylic acid groups (broad SMARTS) is 1. The molecule has 1 fully saturated rings. The van der Waals surface area contributed by atoms with Gasteiger partial charge in [-0.05, 0) is 19.3 Å². The zero-order chi connectivity index (χ0) is 12.6. The maximum Gasteiger partial charge on any atom is 0.343 e. The number of nitrogens with one attached hydrogen (secondary N) is 1. The first-order valence-corrected chi connectivity index (χ1v) is 5.46. The fourth-order valence-electron chi connectivity index (χ4n) is 2.04. The number of carbonyl (C=O) groups is 1. The third-order valence-electron chi connectivity index (χ3n) is 2.99. The third kappa shape index (κ3) is 2.08. The molecular formula is C11H14N2O4. The number of hydrogen-bond donors (Lipinski definition) is 2. The highest BCUT2D eigenvalue weighted by molar-refractivity contribution is 5.88. The maximum absolute atomic E-state index is 11.6. The SMILES string of the molecule is Cc1nc(C2OCCC2C)[nH]c(=O)c1C(=O)O. The first-order chi connectivity index (χ1) is 8.00. The molecule has 0 aliphatic carbocycles. The Balaban J connectivity index is 2.45. The minimum atomic E-state index is -1.26. The lowest BCUT2D eigenvalue weighted by Gasteiger charge is -2.14. The van der Waals surface area contributed by atoms with Gasteiger partial charge in [0.05, 0.1) is 5.69 Å². The van der Waals surface area contributed by atoms with Gasteiger partial charge in [-0.25, -0.2) is 9.78 Å². The molecule has 6 heteroatoms. The topological polar surface area (TPSA) is 92.3 Å². The summed E-state index contributed by atoms with van der Waals surface area (Å²) in [5.41, 5.74) is -0.707. The zero-order valence-electron chi connectivity index (χ0n) is 9.69. The first-order valence-electron chi connectivity index (χ1n) is 5.46. The van der Waals surface area contributed by atoms with Crippen molar-refractivity contribution in [2.75, 3.05) is 6.61 Å². The summed E-state index contributed by atoms with van der Waals surface area (Å²) >= 11 is 0. The lowest BCUT2D eigenvalue weighted by atomic mass is 10.0. The van der Waals surface area contributed by atoms with Gasteiger partial charge in [-0.1, -0.05) is 6.92 Å². The van der Waals surface area contributed by atoms with Crippen LogP contribution >= 0.6 is 0 Å². The molecule has 1 aromatic rings. The normalized spacial score (nSPS) is 23.9. The molecule has 1 saturated heterocycles. The molecule has 92 valence electrons. The summed E-state index contributed by atoms with van der Waals surface area (Å²) in [4.78, 5) is 29.1. The molecule has 0 bridgehead atoms. The van der Waals surface area contributed by atoms with Crippen LogP contribution in [0.3, 0.4) is 0 Å². The second kappa shape index (κ2) is 4.29. The largest absolute Gasteiger partial charge is 0.477 e. The second-order valence-corrected chi connectivity index (χ2v) is 4.27. The van der Waals surface area contributed by atoms with E-state index in [2.05, 4.69) is 9.97 Å². The summed E-state index contributed by atoms with van der Waals surface area (Å²) in [5.74, 6) is -0.570. The van der Waals surface area contributed by atoms with E-state index in [1.807, 2.05) is 6.92 Å². The van der Waals surface area contributed by atoms with Crippen LogP contribution in [0.5, 0.6) is 0 Å². The molecule has 1 aliphatic heterocycles. The van der Waals surface area contributed by atoms with E-state index >= 15 is 0 Å². The van der Waals surface area contributed by atoms with Crippen molar-refractivity contribution in [2.24, 2.45) is 5.92 Å². The number of carboxylic acids is 1. The average Bonchev–Trinajstić information content (AvgIpc) is 2.62. The molecule has 2 heterocycles. The van der Waals surface area contributed by atoms with Crippen molar-refractivity contribution < 1.29 is 14.6 Å². The number of aromatic carboxylic acids is 1. The highest BCUT2D eigenvalue weighted by atomic mass is 16.5. The lowest BCUT2D eigenvalue weighted by molar-refractivity contribution is 0.0690. The fourth-order valence-corrected chi connectivity index (χ4v) is 2.04. The molecular weight excluding hydrogens is 224 g/mol. The van der Waals surface area contributed by atoms with Crippen LogP contribution in [0.4, 0.5) is 0 Å². The Morgan fingerprint density at radius 3 is 2.76 bits per heavy atom. The van der Waals surface area contributed by atoms with E-state index in [-0.39, 0.29) is 23.3 Å². The van der Waals surface area contributed by atoms with Crippen molar-refractivity contribution in [3.05, 3.63) is 27.4 Å². The number of rotatable bonds is 2. The molecule has 2 atom stereocenters. The summed E-state index contributed by atoms with van der Waals surface area (Å²) in [7, 11) is 0. The van der Waals surface area contributed by atoms with Gasteiger partial charge in [0, 0.05) is 6.61 Å². The summed E-state index contributed by atoms with van der Waals surface area (Å²) in [5, 5.41) is 8.86. The minimum absolute atomic E-state index is 0.221. The molecule has 1 aliphatic rings. The Morgan fingerprint density at radius 1 is 1.59 bits per heavy atom. The van der Waals surface area contributed by atoms with Crippen LogP contribution in [-0.4, -0.2) is 27.7 Å². The van der Waals surface area contributed by atoms with Gasteiger partial charge < -0.3 is 14.8 Å². The highest BCUT2D eigenvalue weighted by Gasteiger charge is 2.29. The monoisotopic (exact) mass is 238 g/mol. The molecule has 0 radical (unpaired) electrons. The first kappa shape index (κ1) is 11.8. The number of aromatic nitrogens is 2. The predicted molar refractivity (Wildman–Crippen MR) is 59.0 cm³/mol. The molecule has 0 aromatic carbocycles. The van der Waals surface area contributed by atoms with Crippen LogP contribution in [0.2, 0.25) is 0 Å². The highest BCUT2D eigenvalue weighted by Crippen LogP contribution is 2.31. The Bertz CT molecular complexity index is 509. The van der Waals surface area contributed by atoms with Crippen molar-refractivity contribution in [3.8, 4) is 0 Å². The molecule has 0 saturated carbocycles. The fraction of sp³-hybridized carbons (Fsp3) is 0.545. The summed E-state index contributed by atoms with van der Waals surface area (Å²) < 4.78 is 5.48. The molecule has 0 spiro atoms. The Hall–Kier alpha value is -1.69. The van der Waals surface area contributed by atoms with E-state index in [0.717, 1.165) is 6.42 Å². The number of hydrogen-bond acceptors (Lipinski definition) is 4. The Labute approximate surface area is 97.7 Å². The Kier molecular flexibility index (Phi) is 2.97.